The summed E-state index contributed by atoms with van der Waals surface area (Å²) in [5.74, 6) is 1.41. The molecule has 0 amide bonds. The number of pyridine rings is 1. The van der Waals surface area contributed by atoms with Crippen molar-refractivity contribution in [2.45, 2.75) is 38.5 Å². The second-order valence-electron chi connectivity index (χ2n) is 8.42. The minimum atomic E-state index is -0.527. The Bertz CT molecular complexity index is 1060. The summed E-state index contributed by atoms with van der Waals surface area (Å²) < 4.78 is 6.03. The van der Waals surface area contributed by atoms with E-state index in [1.807, 2.05) is 42.5 Å². The standard InChI is InChI=1S/C26H28N2O2/c1-2-19-16-28-13-11-20(19)14-25(28)26(29)22-10-12-27-24-9-8-21(15-23(22)24)30-17-18-6-4-3-5-7-18/h2-10,12,15,20,25-26,29H,11,13-14,16-17H2,1H3/t20-,25-,26+/m0/s1. The Hall–Kier alpha value is -2.69. The third-order valence-corrected chi connectivity index (χ3v) is 6.72. The van der Waals surface area contributed by atoms with Crippen LogP contribution in [0.4, 0.5) is 0 Å². The van der Waals surface area contributed by atoms with Crippen LogP contribution >= 0.6 is 0 Å². The molecular weight excluding hydrogens is 372 g/mol. The van der Waals surface area contributed by atoms with Gasteiger partial charge in [0.05, 0.1) is 11.6 Å². The number of rotatable bonds is 5. The first-order valence-electron chi connectivity index (χ1n) is 10.9. The third-order valence-electron chi connectivity index (χ3n) is 6.72. The van der Waals surface area contributed by atoms with Crippen LogP contribution in [-0.4, -0.2) is 34.1 Å². The molecule has 3 aliphatic rings. The van der Waals surface area contributed by atoms with Crippen LogP contribution in [0.3, 0.4) is 0 Å². The van der Waals surface area contributed by atoms with Gasteiger partial charge in [-0.1, -0.05) is 42.0 Å². The fourth-order valence-electron chi connectivity index (χ4n) is 5.04. The van der Waals surface area contributed by atoms with Gasteiger partial charge in [-0.15, -0.1) is 0 Å². The van der Waals surface area contributed by atoms with Gasteiger partial charge in [0.25, 0.3) is 0 Å². The minimum Gasteiger partial charge on any atom is -0.489 e. The van der Waals surface area contributed by atoms with Gasteiger partial charge in [0.1, 0.15) is 12.4 Å². The summed E-state index contributed by atoms with van der Waals surface area (Å²) in [5, 5.41) is 12.4. The summed E-state index contributed by atoms with van der Waals surface area (Å²) in [7, 11) is 0. The van der Waals surface area contributed by atoms with Crippen molar-refractivity contribution in [1.29, 1.82) is 0 Å². The Labute approximate surface area is 177 Å². The quantitative estimate of drug-likeness (QED) is 0.620. The molecule has 0 radical (unpaired) electrons. The number of fused-ring (bicyclic) bond motifs is 4. The number of aliphatic hydroxyl groups excluding tert-OH is 1. The summed E-state index contributed by atoms with van der Waals surface area (Å²) in [6.07, 6.45) is 5.77. The molecule has 2 bridgehead atoms. The van der Waals surface area contributed by atoms with Gasteiger partial charge in [-0.2, -0.15) is 0 Å². The fourth-order valence-corrected chi connectivity index (χ4v) is 5.04. The number of allylic oxidation sites excluding steroid dienone is 1. The lowest BCUT2D eigenvalue weighted by molar-refractivity contribution is -0.00340. The molecular formula is C26H28N2O2. The van der Waals surface area contributed by atoms with E-state index in [0.717, 1.165) is 47.3 Å². The lowest BCUT2D eigenvalue weighted by Gasteiger charge is -2.48. The number of benzene rings is 2. The van der Waals surface area contributed by atoms with Crippen molar-refractivity contribution in [2.24, 2.45) is 5.92 Å². The maximum absolute atomic E-state index is 11.4. The fraction of sp³-hybridized carbons (Fsp3) is 0.346. The van der Waals surface area contributed by atoms with Gasteiger partial charge >= 0.3 is 0 Å². The van der Waals surface area contributed by atoms with Gasteiger partial charge < -0.3 is 9.84 Å². The molecule has 154 valence electrons. The van der Waals surface area contributed by atoms with Crippen LogP contribution in [0, 0.1) is 5.92 Å². The molecule has 0 spiro atoms. The largest absolute Gasteiger partial charge is 0.489 e. The van der Waals surface area contributed by atoms with Crippen LogP contribution in [-0.2, 0) is 6.61 Å². The Morgan fingerprint density at radius 3 is 2.83 bits per heavy atom. The molecule has 1 aromatic heterocycles. The van der Waals surface area contributed by atoms with E-state index in [2.05, 4.69) is 35.0 Å². The van der Waals surface area contributed by atoms with Crippen molar-refractivity contribution in [2.75, 3.05) is 13.1 Å². The molecule has 4 atom stereocenters. The first-order valence-corrected chi connectivity index (χ1v) is 10.9. The molecule has 1 unspecified atom stereocenters. The molecule has 3 fully saturated rings. The normalized spacial score (nSPS) is 25.5. The molecule has 3 aromatic rings. The smallest absolute Gasteiger partial charge is 0.120 e. The second kappa shape index (κ2) is 8.21. The first kappa shape index (κ1) is 19.3. The van der Waals surface area contributed by atoms with Crippen molar-refractivity contribution < 1.29 is 9.84 Å². The van der Waals surface area contributed by atoms with Crippen molar-refractivity contribution in [3.63, 3.8) is 0 Å². The third kappa shape index (κ3) is 3.62. The summed E-state index contributed by atoms with van der Waals surface area (Å²) in [4.78, 5) is 6.96. The Balaban J connectivity index is 1.41. The summed E-state index contributed by atoms with van der Waals surface area (Å²) in [6.45, 7) is 4.71. The van der Waals surface area contributed by atoms with Gasteiger partial charge in [-0.05, 0) is 67.6 Å². The number of hydrogen-bond donors (Lipinski definition) is 1. The lowest BCUT2D eigenvalue weighted by atomic mass is 9.76. The average Bonchev–Trinajstić information content (AvgIpc) is 2.82. The van der Waals surface area contributed by atoms with Crippen molar-refractivity contribution >= 4 is 10.9 Å². The molecule has 3 saturated heterocycles. The number of aliphatic hydroxyl groups is 1. The number of nitrogens with zero attached hydrogens (tertiary/aromatic N) is 2. The van der Waals surface area contributed by atoms with Crippen LogP contribution in [0.2, 0.25) is 0 Å². The van der Waals surface area contributed by atoms with Crippen LogP contribution in [0.5, 0.6) is 5.75 Å². The van der Waals surface area contributed by atoms with E-state index in [1.165, 1.54) is 12.0 Å². The lowest BCUT2D eigenvalue weighted by Crippen LogP contribution is -2.52. The molecule has 4 heteroatoms. The number of piperidine rings is 3. The van der Waals surface area contributed by atoms with Gasteiger partial charge in [-0.3, -0.25) is 9.88 Å². The Kier molecular flexibility index (Phi) is 5.28. The van der Waals surface area contributed by atoms with Crippen LogP contribution < -0.4 is 4.74 Å². The van der Waals surface area contributed by atoms with E-state index in [4.69, 9.17) is 4.74 Å². The van der Waals surface area contributed by atoms with E-state index < -0.39 is 6.10 Å². The Morgan fingerprint density at radius 1 is 1.20 bits per heavy atom. The highest BCUT2D eigenvalue weighted by Crippen LogP contribution is 2.41. The average molecular weight is 401 g/mol. The van der Waals surface area contributed by atoms with Crippen LogP contribution in [0.25, 0.3) is 10.9 Å². The number of aromatic nitrogens is 1. The topological polar surface area (TPSA) is 45.6 Å². The molecule has 4 nitrogen and oxygen atoms in total. The van der Waals surface area contributed by atoms with E-state index in [9.17, 15) is 5.11 Å². The molecule has 2 aromatic carbocycles. The summed E-state index contributed by atoms with van der Waals surface area (Å²) in [5.41, 5.74) is 4.50. The number of hydrogen-bond acceptors (Lipinski definition) is 4. The molecule has 0 saturated carbocycles. The highest BCUT2D eigenvalue weighted by Gasteiger charge is 2.40. The molecule has 0 aliphatic carbocycles. The van der Waals surface area contributed by atoms with E-state index >= 15 is 0 Å². The van der Waals surface area contributed by atoms with Crippen LogP contribution in [0.1, 0.15) is 37.0 Å². The zero-order chi connectivity index (χ0) is 20.5. The van der Waals surface area contributed by atoms with Gasteiger partial charge in [-0.25, -0.2) is 0 Å². The molecule has 4 heterocycles. The predicted octanol–water partition coefficient (Wildman–Crippen LogP) is 4.89. The van der Waals surface area contributed by atoms with Gasteiger partial charge in [0.15, 0.2) is 0 Å². The molecule has 30 heavy (non-hydrogen) atoms. The summed E-state index contributed by atoms with van der Waals surface area (Å²) in [6, 6.07) is 18.3. The zero-order valence-corrected chi connectivity index (χ0v) is 17.4. The predicted molar refractivity (Wildman–Crippen MR) is 119 cm³/mol. The van der Waals surface area contributed by atoms with E-state index in [1.54, 1.807) is 6.20 Å². The number of ether oxygens (including phenoxy) is 1. The van der Waals surface area contributed by atoms with Crippen molar-refractivity contribution in [1.82, 2.24) is 9.88 Å². The molecule has 6 rings (SSSR count). The zero-order valence-electron chi connectivity index (χ0n) is 17.4. The highest BCUT2D eigenvalue weighted by atomic mass is 16.5. The van der Waals surface area contributed by atoms with Crippen molar-refractivity contribution in [3.8, 4) is 5.75 Å². The monoisotopic (exact) mass is 400 g/mol. The second-order valence-corrected chi connectivity index (χ2v) is 8.42. The summed E-state index contributed by atoms with van der Waals surface area (Å²) >= 11 is 0. The maximum Gasteiger partial charge on any atom is 0.120 e. The van der Waals surface area contributed by atoms with Crippen molar-refractivity contribution in [3.05, 3.63) is 83.6 Å². The Morgan fingerprint density at radius 2 is 2.07 bits per heavy atom. The maximum atomic E-state index is 11.4. The first-order chi connectivity index (χ1) is 14.7. The van der Waals surface area contributed by atoms with Gasteiger partial charge in [0, 0.05) is 24.2 Å². The van der Waals surface area contributed by atoms with E-state index in [0.29, 0.717) is 12.5 Å². The van der Waals surface area contributed by atoms with E-state index in [-0.39, 0.29) is 6.04 Å². The highest BCUT2D eigenvalue weighted by molar-refractivity contribution is 5.84. The minimum absolute atomic E-state index is 0.159. The molecule has 1 N–H and O–H groups in total. The van der Waals surface area contributed by atoms with Gasteiger partial charge in [0.2, 0.25) is 0 Å². The van der Waals surface area contributed by atoms with Crippen LogP contribution in [0.15, 0.2) is 72.4 Å². The molecule has 3 aliphatic heterocycles. The SMILES string of the molecule is CC=C1CN2CC[C@H]1C[C@H]2[C@H](O)c1ccnc2ccc(OCc3ccccc3)cc12.